The van der Waals surface area contributed by atoms with Crippen LogP contribution in [0.4, 0.5) is 5.69 Å². The minimum atomic E-state index is 0.759. The van der Waals surface area contributed by atoms with Crippen molar-refractivity contribution in [3.8, 4) is 6.07 Å². The van der Waals surface area contributed by atoms with Gasteiger partial charge in [-0.25, -0.2) is 0 Å². The molecule has 2 nitrogen and oxygen atoms in total. The van der Waals surface area contributed by atoms with Gasteiger partial charge in [-0.2, -0.15) is 5.26 Å². The predicted octanol–water partition coefficient (Wildman–Crippen LogP) is 3.35. The summed E-state index contributed by atoms with van der Waals surface area (Å²) in [5, 5.41) is 8.94. The smallest absolute Gasteiger partial charge is 0.0994 e. The number of rotatable bonds is 1. The van der Waals surface area contributed by atoms with Gasteiger partial charge in [0.05, 0.1) is 11.6 Å². The molecule has 2 rings (SSSR count). The summed E-state index contributed by atoms with van der Waals surface area (Å²) in [5.41, 5.74) is 3.13. The maximum atomic E-state index is 8.94. The Hall–Kier alpha value is -1.49. The highest BCUT2D eigenvalue weighted by Gasteiger charge is 2.22. The van der Waals surface area contributed by atoms with E-state index in [1.165, 1.54) is 12.1 Å². The second-order valence-corrected chi connectivity index (χ2v) is 5.46. The third kappa shape index (κ3) is 2.61. The Bertz CT molecular complexity index is 435. The molecular formula is C15H20N2. The first-order valence-electron chi connectivity index (χ1n) is 6.36. The summed E-state index contributed by atoms with van der Waals surface area (Å²) in [6.07, 6.45) is 1.33. The molecule has 2 heteroatoms. The van der Waals surface area contributed by atoms with Gasteiger partial charge in [-0.05, 0) is 48.9 Å². The van der Waals surface area contributed by atoms with E-state index in [9.17, 15) is 0 Å². The third-order valence-electron chi connectivity index (χ3n) is 3.56. The Morgan fingerprint density at radius 3 is 2.41 bits per heavy atom. The number of anilines is 1. The molecule has 1 fully saturated rings. The van der Waals surface area contributed by atoms with Crippen LogP contribution in [-0.2, 0) is 0 Å². The second-order valence-electron chi connectivity index (χ2n) is 5.46. The molecule has 90 valence electrons. The molecule has 0 N–H and O–H groups in total. The number of aryl methyl sites for hydroxylation is 1. The van der Waals surface area contributed by atoms with Crippen LogP contribution in [0.5, 0.6) is 0 Å². The molecule has 1 aliphatic rings. The molecule has 0 bridgehead atoms. The van der Waals surface area contributed by atoms with E-state index in [4.69, 9.17) is 5.26 Å². The van der Waals surface area contributed by atoms with Gasteiger partial charge in [0.15, 0.2) is 0 Å². The fourth-order valence-electron chi connectivity index (χ4n) is 2.84. The first-order valence-corrected chi connectivity index (χ1v) is 6.36. The van der Waals surface area contributed by atoms with Gasteiger partial charge in [-0.1, -0.05) is 13.8 Å². The lowest BCUT2D eigenvalue weighted by molar-refractivity contribution is 0.357. The van der Waals surface area contributed by atoms with E-state index in [1.807, 2.05) is 13.0 Å². The van der Waals surface area contributed by atoms with Crippen LogP contribution in [-0.4, -0.2) is 13.1 Å². The summed E-state index contributed by atoms with van der Waals surface area (Å²) in [7, 11) is 0. The molecule has 0 aliphatic carbocycles. The quantitative estimate of drug-likeness (QED) is 0.737. The lowest BCUT2D eigenvalue weighted by atomic mass is 9.91. The largest absolute Gasteiger partial charge is 0.371 e. The monoisotopic (exact) mass is 228 g/mol. The van der Waals surface area contributed by atoms with E-state index in [-0.39, 0.29) is 0 Å². The number of hydrogen-bond acceptors (Lipinski definition) is 2. The highest BCUT2D eigenvalue weighted by molar-refractivity contribution is 5.53. The zero-order valence-electron chi connectivity index (χ0n) is 10.9. The Labute approximate surface area is 104 Å². The van der Waals surface area contributed by atoms with Gasteiger partial charge in [0.1, 0.15) is 0 Å². The molecule has 1 heterocycles. The first kappa shape index (κ1) is 12.0. The average molecular weight is 228 g/mol. The summed E-state index contributed by atoms with van der Waals surface area (Å²) < 4.78 is 0. The van der Waals surface area contributed by atoms with Crippen molar-refractivity contribution in [3.05, 3.63) is 29.3 Å². The summed E-state index contributed by atoms with van der Waals surface area (Å²) >= 11 is 0. The van der Waals surface area contributed by atoms with Crippen LogP contribution in [0.3, 0.4) is 0 Å². The molecule has 0 aromatic heterocycles. The Balaban J connectivity index is 2.22. The van der Waals surface area contributed by atoms with Crippen molar-refractivity contribution in [1.82, 2.24) is 0 Å². The summed E-state index contributed by atoms with van der Waals surface area (Å²) in [4.78, 5) is 2.45. The molecule has 1 aromatic carbocycles. The van der Waals surface area contributed by atoms with Crippen LogP contribution in [0.25, 0.3) is 0 Å². The molecule has 0 saturated carbocycles. The zero-order chi connectivity index (χ0) is 12.4. The fraction of sp³-hybridized carbons (Fsp3) is 0.533. The van der Waals surface area contributed by atoms with Gasteiger partial charge in [-0.3, -0.25) is 0 Å². The van der Waals surface area contributed by atoms with Crippen molar-refractivity contribution < 1.29 is 0 Å². The highest BCUT2D eigenvalue weighted by atomic mass is 15.1. The molecule has 0 amide bonds. The lowest BCUT2D eigenvalue weighted by Gasteiger charge is -2.36. The molecule has 17 heavy (non-hydrogen) atoms. The van der Waals surface area contributed by atoms with Crippen LogP contribution in [0.1, 0.15) is 31.4 Å². The molecule has 1 saturated heterocycles. The molecule has 1 aromatic rings. The van der Waals surface area contributed by atoms with Gasteiger partial charge in [0.2, 0.25) is 0 Å². The zero-order valence-corrected chi connectivity index (χ0v) is 10.9. The Kier molecular flexibility index (Phi) is 3.38. The van der Waals surface area contributed by atoms with Crippen LogP contribution >= 0.6 is 0 Å². The van der Waals surface area contributed by atoms with Crippen LogP contribution in [0.2, 0.25) is 0 Å². The maximum Gasteiger partial charge on any atom is 0.0994 e. The van der Waals surface area contributed by atoms with Gasteiger partial charge < -0.3 is 4.90 Å². The van der Waals surface area contributed by atoms with Gasteiger partial charge >= 0.3 is 0 Å². The fourth-order valence-corrected chi connectivity index (χ4v) is 2.84. The minimum Gasteiger partial charge on any atom is -0.371 e. The normalized spacial score (nSPS) is 24.5. The van der Waals surface area contributed by atoms with Crippen molar-refractivity contribution in [2.24, 2.45) is 11.8 Å². The van der Waals surface area contributed by atoms with Crippen LogP contribution in [0, 0.1) is 30.1 Å². The predicted molar refractivity (Wildman–Crippen MR) is 71.1 cm³/mol. The standard InChI is InChI=1S/C15H20N2/c1-11-6-12(2)10-17(9-11)15-5-4-14(8-16)13(3)7-15/h4-5,7,11-12H,6,9-10H2,1-3H3. The average Bonchev–Trinajstić information content (AvgIpc) is 2.27. The Morgan fingerprint density at radius 2 is 1.88 bits per heavy atom. The van der Waals surface area contributed by atoms with Crippen LogP contribution in [0.15, 0.2) is 18.2 Å². The number of nitriles is 1. The number of piperidine rings is 1. The van der Waals surface area contributed by atoms with Crippen LogP contribution < -0.4 is 4.90 Å². The van der Waals surface area contributed by atoms with Crippen molar-refractivity contribution in [3.63, 3.8) is 0 Å². The molecule has 1 aliphatic heterocycles. The maximum absolute atomic E-state index is 8.94. The molecule has 2 unspecified atom stereocenters. The summed E-state index contributed by atoms with van der Waals surface area (Å²) in [5.74, 6) is 1.52. The number of nitrogens with zero attached hydrogens (tertiary/aromatic N) is 2. The minimum absolute atomic E-state index is 0.759. The highest BCUT2D eigenvalue weighted by Crippen LogP contribution is 2.27. The van der Waals surface area contributed by atoms with E-state index in [0.717, 1.165) is 36.1 Å². The van der Waals surface area contributed by atoms with Crippen molar-refractivity contribution >= 4 is 5.69 Å². The van der Waals surface area contributed by atoms with E-state index < -0.39 is 0 Å². The van der Waals surface area contributed by atoms with Crippen molar-refractivity contribution in [1.29, 1.82) is 5.26 Å². The van der Waals surface area contributed by atoms with Gasteiger partial charge in [-0.15, -0.1) is 0 Å². The third-order valence-corrected chi connectivity index (χ3v) is 3.56. The lowest BCUT2D eigenvalue weighted by Crippen LogP contribution is -2.38. The first-order chi connectivity index (χ1) is 8.10. The molecule has 0 radical (unpaired) electrons. The molecule has 0 spiro atoms. The molecule has 2 atom stereocenters. The van der Waals surface area contributed by atoms with Crippen molar-refractivity contribution in [2.45, 2.75) is 27.2 Å². The number of benzene rings is 1. The van der Waals surface area contributed by atoms with E-state index >= 15 is 0 Å². The van der Waals surface area contributed by atoms with Gasteiger partial charge in [0, 0.05) is 18.8 Å². The van der Waals surface area contributed by atoms with Crippen molar-refractivity contribution in [2.75, 3.05) is 18.0 Å². The van der Waals surface area contributed by atoms with E-state index in [0.29, 0.717) is 0 Å². The topological polar surface area (TPSA) is 27.0 Å². The van der Waals surface area contributed by atoms with Gasteiger partial charge in [0.25, 0.3) is 0 Å². The van der Waals surface area contributed by atoms with E-state index in [1.54, 1.807) is 0 Å². The molecular weight excluding hydrogens is 208 g/mol. The number of hydrogen-bond donors (Lipinski definition) is 0. The summed E-state index contributed by atoms with van der Waals surface area (Å²) in [6.45, 7) is 8.92. The Morgan fingerprint density at radius 1 is 1.24 bits per heavy atom. The second kappa shape index (κ2) is 4.79. The summed E-state index contributed by atoms with van der Waals surface area (Å²) in [6, 6.07) is 8.39. The van der Waals surface area contributed by atoms with E-state index in [2.05, 4.69) is 36.9 Å². The SMILES string of the molecule is Cc1cc(N2CC(C)CC(C)C2)ccc1C#N.